The number of carbonyl (C=O) groups is 1. The van der Waals surface area contributed by atoms with Gasteiger partial charge in [0.25, 0.3) is 0 Å². The molecule has 1 aromatic carbocycles. The number of pyridine rings is 1. The van der Waals surface area contributed by atoms with Gasteiger partial charge in [-0.3, -0.25) is 9.78 Å². The maximum Gasteiger partial charge on any atom is 0.416 e. The van der Waals surface area contributed by atoms with Gasteiger partial charge >= 0.3 is 6.18 Å². The highest BCUT2D eigenvalue weighted by Crippen LogP contribution is 2.30. The van der Waals surface area contributed by atoms with Gasteiger partial charge in [0.05, 0.1) is 12.1 Å². The quantitative estimate of drug-likeness (QED) is 0.549. The van der Waals surface area contributed by atoms with Crippen LogP contribution in [0.2, 0.25) is 0 Å². The first kappa shape index (κ1) is 21.1. The standard InChI is InChI=1S/C23H23F3N4O/c24-23(25,26)20-8-1-4-17(12-20)14-29-11-10-28-21(29)16-30(22(31)19-6-2-7-19)15-18-5-3-9-27-13-18/h1,3-5,8-13,19H,2,6-7,14-16H2. The molecule has 0 spiro atoms. The molecule has 8 heteroatoms. The van der Waals surface area contributed by atoms with Gasteiger partial charge in [0.15, 0.2) is 0 Å². The molecule has 1 aliphatic rings. The Morgan fingerprint density at radius 2 is 1.90 bits per heavy atom. The number of alkyl halides is 3. The number of imidazole rings is 1. The van der Waals surface area contributed by atoms with E-state index in [0.717, 1.165) is 37.0 Å². The summed E-state index contributed by atoms with van der Waals surface area (Å²) in [5, 5.41) is 0. The number of benzene rings is 1. The first-order valence-electron chi connectivity index (χ1n) is 10.2. The van der Waals surface area contributed by atoms with Crippen molar-refractivity contribution >= 4 is 5.91 Å². The molecule has 3 aromatic rings. The fourth-order valence-electron chi connectivity index (χ4n) is 3.69. The lowest BCUT2D eigenvalue weighted by Gasteiger charge is -2.31. The van der Waals surface area contributed by atoms with Gasteiger partial charge in [0, 0.05) is 43.8 Å². The van der Waals surface area contributed by atoms with E-state index < -0.39 is 11.7 Å². The molecule has 5 nitrogen and oxygen atoms in total. The molecule has 1 fully saturated rings. The number of nitrogens with zero attached hydrogens (tertiary/aromatic N) is 4. The van der Waals surface area contributed by atoms with Crippen LogP contribution in [-0.2, 0) is 30.6 Å². The van der Waals surface area contributed by atoms with Crippen molar-refractivity contribution < 1.29 is 18.0 Å². The number of amides is 1. The Kier molecular flexibility index (Phi) is 6.06. The summed E-state index contributed by atoms with van der Waals surface area (Å²) in [6.45, 7) is 0.952. The van der Waals surface area contributed by atoms with Crippen LogP contribution in [0.5, 0.6) is 0 Å². The fraction of sp³-hybridized carbons (Fsp3) is 0.348. The minimum atomic E-state index is -4.39. The molecule has 4 rings (SSSR count). The van der Waals surface area contributed by atoms with E-state index >= 15 is 0 Å². The van der Waals surface area contributed by atoms with E-state index in [1.165, 1.54) is 6.07 Å². The van der Waals surface area contributed by atoms with Crippen LogP contribution in [0.25, 0.3) is 0 Å². The van der Waals surface area contributed by atoms with Crippen LogP contribution in [0.1, 0.15) is 41.8 Å². The van der Waals surface area contributed by atoms with Crippen molar-refractivity contribution in [2.75, 3.05) is 0 Å². The minimum Gasteiger partial charge on any atom is -0.331 e. The van der Waals surface area contributed by atoms with E-state index in [2.05, 4.69) is 9.97 Å². The lowest BCUT2D eigenvalue weighted by atomic mass is 9.84. The van der Waals surface area contributed by atoms with Gasteiger partial charge in [-0.25, -0.2) is 4.98 Å². The number of rotatable bonds is 7. The maximum atomic E-state index is 13.0. The van der Waals surface area contributed by atoms with Crippen LogP contribution in [0.15, 0.2) is 61.2 Å². The molecule has 0 radical (unpaired) electrons. The Balaban J connectivity index is 1.53. The van der Waals surface area contributed by atoms with Crippen molar-refractivity contribution in [1.29, 1.82) is 0 Å². The number of halogens is 3. The molecule has 162 valence electrons. The molecular formula is C23H23F3N4O. The molecule has 0 N–H and O–H groups in total. The third-order valence-corrected chi connectivity index (χ3v) is 5.60. The van der Waals surface area contributed by atoms with Gasteiger partial charge in [-0.1, -0.05) is 24.6 Å². The molecule has 1 saturated carbocycles. The molecule has 2 heterocycles. The molecule has 0 bridgehead atoms. The Bertz CT molecular complexity index is 1030. The van der Waals surface area contributed by atoms with Gasteiger partial charge in [-0.2, -0.15) is 13.2 Å². The lowest BCUT2D eigenvalue weighted by molar-refractivity contribution is -0.139. The SMILES string of the molecule is O=C(C1CCC1)N(Cc1cccnc1)Cc1nccn1Cc1cccc(C(F)(F)F)c1. The van der Waals surface area contributed by atoms with Gasteiger partial charge in [0.2, 0.25) is 5.91 Å². The van der Waals surface area contributed by atoms with Crippen LogP contribution >= 0.6 is 0 Å². The van der Waals surface area contributed by atoms with Gasteiger partial charge in [-0.05, 0) is 42.2 Å². The van der Waals surface area contributed by atoms with Crippen molar-refractivity contribution in [2.24, 2.45) is 5.92 Å². The molecule has 0 saturated heterocycles. The number of hydrogen-bond donors (Lipinski definition) is 0. The third-order valence-electron chi connectivity index (χ3n) is 5.60. The molecule has 1 amide bonds. The largest absolute Gasteiger partial charge is 0.416 e. The van der Waals surface area contributed by atoms with Crippen molar-refractivity contribution in [2.45, 2.75) is 45.1 Å². The highest BCUT2D eigenvalue weighted by atomic mass is 19.4. The molecular weight excluding hydrogens is 405 g/mol. The summed E-state index contributed by atoms with van der Waals surface area (Å²) in [5.41, 5.74) is 0.773. The maximum absolute atomic E-state index is 13.0. The topological polar surface area (TPSA) is 51.0 Å². The second-order valence-corrected chi connectivity index (χ2v) is 7.85. The zero-order valence-electron chi connectivity index (χ0n) is 16.9. The molecule has 0 atom stereocenters. The average Bonchev–Trinajstić information content (AvgIpc) is 3.13. The predicted molar refractivity (Wildman–Crippen MR) is 109 cm³/mol. The van der Waals surface area contributed by atoms with Crippen molar-refractivity contribution in [3.63, 3.8) is 0 Å². The smallest absolute Gasteiger partial charge is 0.331 e. The van der Waals surface area contributed by atoms with Crippen LogP contribution in [0.4, 0.5) is 13.2 Å². The van der Waals surface area contributed by atoms with E-state index in [1.807, 2.05) is 12.1 Å². The first-order valence-corrected chi connectivity index (χ1v) is 10.2. The Labute approximate surface area is 178 Å². The summed E-state index contributed by atoms with van der Waals surface area (Å²) in [6, 6.07) is 9.02. The number of carbonyl (C=O) groups excluding carboxylic acids is 1. The highest BCUT2D eigenvalue weighted by molar-refractivity contribution is 5.79. The van der Waals surface area contributed by atoms with Crippen molar-refractivity contribution in [1.82, 2.24) is 19.4 Å². The van der Waals surface area contributed by atoms with Crippen molar-refractivity contribution in [3.8, 4) is 0 Å². The average molecular weight is 428 g/mol. The van der Waals surface area contributed by atoms with Crippen LogP contribution in [0.3, 0.4) is 0 Å². The highest BCUT2D eigenvalue weighted by Gasteiger charge is 2.31. The van der Waals surface area contributed by atoms with E-state index in [4.69, 9.17) is 0 Å². The number of hydrogen-bond acceptors (Lipinski definition) is 3. The second-order valence-electron chi connectivity index (χ2n) is 7.85. The van der Waals surface area contributed by atoms with Crippen LogP contribution < -0.4 is 0 Å². The first-order chi connectivity index (χ1) is 14.9. The van der Waals surface area contributed by atoms with E-state index in [1.54, 1.807) is 40.3 Å². The minimum absolute atomic E-state index is 0.0311. The van der Waals surface area contributed by atoms with E-state index in [-0.39, 0.29) is 24.9 Å². The zero-order valence-corrected chi connectivity index (χ0v) is 16.9. The molecule has 1 aliphatic carbocycles. The van der Waals surface area contributed by atoms with Crippen molar-refractivity contribution in [3.05, 3.63) is 83.7 Å². The number of aromatic nitrogens is 3. The summed E-state index contributed by atoms with van der Waals surface area (Å²) < 4.78 is 40.9. The third kappa shape index (κ3) is 5.13. The van der Waals surface area contributed by atoms with Crippen LogP contribution in [-0.4, -0.2) is 25.3 Å². The molecule has 31 heavy (non-hydrogen) atoms. The summed E-state index contributed by atoms with van der Waals surface area (Å²) in [4.78, 5) is 23.3. The molecule has 0 unspecified atom stereocenters. The van der Waals surface area contributed by atoms with Gasteiger partial charge in [0.1, 0.15) is 5.82 Å². The fourth-order valence-corrected chi connectivity index (χ4v) is 3.69. The Morgan fingerprint density at radius 1 is 1.10 bits per heavy atom. The molecule has 0 aliphatic heterocycles. The summed E-state index contributed by atoms with van der Waals surface area (Å²) in [6.07, 6.45) is 5.21. The summed E-state index contributed by atoms with van der Waals surface area (Å²) >= 11 is 0. The van der Waals surface area contributed by atoms with E-state index in [9.17, 15) is 18.0 Å². The molecule has 2 aromatic heterocycles. The predicted octanol–water partition coefficient (Wildman–Crippen LogP) is 4.67. The monoisotopic (exact) mass is 428 g/mol. The van der Waals surface area contributed by atoms with Gasteiger partial charge < -0.3 is 9.47 Å². The summed E-state index contributed by atoms with van der Waals surface area (Å²) in [5.74, 6) is 0.751. The van der Waals surface area contributed by atoms with Gasteiger partial charge in [-0.15, -0.1) is 0 Å². The summed E-state index contributed by atoms with van der Waals surface area (Å²) in [7, 11) is 0. The van der Waals surface area contributed by atoms with Crippen LogP contribution in [0, 0.1) is 5.92 Å². The second kappa shape index (κ2) is 8.91. The zero-order chi connectivity index (χ0) is 21.8. The Hall–Kier alpha value is -3.16. The lowest BCUT2D eigenvalue weighted by Crippen LogP contribution is -2.38. The Morgan fingerprint density at radius 3 is 2.58 bits per heavy atom. The van der Waals surface area contributed by atoms with E-state index in [0.29, 0.717) is 17.9 Å². The normalized spacial score (nSPS) is 14.3.